The summed E-state index contributed by atoms with van der Waals surface area (Å²) in [5.74, 6) is -2.15. The average molecular weight is 324 g/mol. The monoisotopic (exact) mass is 324 g/mol. The molecule has 0 spiro atoms. The summed E-state index contributed by atoms with van der Waals surface area (Å²) in [4.78, 5) is 13.6. The number of carbonyl (C=O) groups excluding carboxylic acids is 1. The van der Waals surface area contributed by atoms with Crippen molar-refractivity contribution < 1.29 is 18.7 Å². The van der Waals surface area contributed by atoms with E-state index < -0.39 is 28.9 Å². The molecular formula is C17H22F2N2O2. The maximum absolute atomic E-state index is 14.4. The van der Waals surface area contributed by atoms with Crippen LogP contribution in [0.3, 0.4) is 0 Å². The van der Waals surface area contributed by atoms with Crippen molar-refractivity contribution in [3.63, 3.8) is 0 Å². The lowest BCUT2D eigenvalue weighted by Gasteiger charge is -2.44. The van der Waals surface area contributed by atoms with Crippen LogP contribution in [0.5, 0.6) is 0 Å². The van der Waals surface area contributed by atoms with Gasteiger partial charge in [0.1, 0.15) is 11.6 Å². The average Bonchev–Trinajstić information content (AvgIpc) is 2.93. The normalized spacial score (nSPS) is 27.9. The quantitative estimate of drug-likeness (QED) is 0.869. The van der Waals surface area contributed by atoms with Gasteiger partial charge in [-0.05, 0) is 62.4 Å². The fourth-order valence-electron chi connectivity index (χ4n) is 3.81. The van der Waals surface area contributed by atoms with Crippen molar-refractivity contribution in [1.29, 1.82) is 0 Å². The molecule has 1 saturated carbocycles. The third-order valence-electron chi connectivity index (χ3n) is 5.25. The molecule has 3 rings (SSSR count). The molecular weight excluding hydrogens is 302 g/mol. The summed E-state index contributed by atoms with van der Waals surface area (Å²) in [6.45, 7) is 2.10. The topological polar surface area (TPSA) is 66.6 Å². The number of amides is 1. The first-order chi connectivity index (χ1) is 10.9. The molecule has 0 unspecified atom stereocenters. The molecule has 1 amide bonds. The van der Waals surface area contributed by atoms with E-state index in [1.165, 1.54) is 12.1 Å². The molecule has 126 valence electrons. The van der Waals surface area contributed by atoms with Gasteiger partial charge in [-0.3, -0.25) is 9.69 Å². The van der Waals surface area contributed by atoms with Crippen LogP contribution in [0.1, 0.15) is 42.7 Å². The van der Waals surface area contributed by atoms with Crippen molar-refractivity contribution >= 4 is 5.91 Å². The Kier molecular flexibility index (Phi) is 4.38. The molecule has 4 nitrogen and oxygen atoms in total. The van der Waals surface area contributed by atoms with Crippen molar-refractivity contribution in [3.8, 4) is 0 Å². The van der Waals surface area contributed by atoms with Crippen LogP contribution in [0.25, 0.3) is 0 Å². The molecule has 3 N–H and O–H groups in total. The molecule has 2 aliphatic rings. The number of rotatable bonds is 5. The van der Waals surface area contributed by atoms with Crippen LogP contribution >= 0.6 is 0 Å². The lowest BCUT2D eigenvalue weighted by atomic mass is 9.59. The number of nitrogens with zero attached hydrogens (tertiary/aromatic N) is 1. The second-order valence-electron chi connectivity index (χ2n) is 6.86. The number of halogens is 2. The van der Waals surface area contributed by atoms with E-state index in [0.29, 0.717) is 12.1 Å². The summed E-state index contributed by atoms with van der Waals surface area (Å²) in [6, 6.07) is 2.78. The highest BCUT2D eigenvalue weighted by Gasteiger charge is 2.50. The lowest BCUT2D eigenvalue weighted by Crippen LogP contribution is -2.49. The molecule has 1 aromatic rings. The van der Waals surface area contributed by atoms with Gasteiger partial charge in [0.25, 0.3) is 0 Å². The Morgan fingerprint density at radius 2 is 1.83 bits per heavy atom. The Hall–Kier alpha value is -1.53. The van der Waals surface area contributed by atoms with E-state index in [2.05, 4.69) is 4.90 Å². The van der Waals surface area contributed by atoms with Crippen molar-refractivity contribution in [2.75, 3.05) is 19.7 Å². The predicted octanol–water partition coefficient (Wildman–Crippen LogP) is 1.90. The molecule has 1 saturated heterocycles. The first-order valence-electron chi connectivity index (χ1n) is 8.06. The number of likely N-dealkylation sites (tertiary alicyclic amines) is 1. The van der Waals surface area contributed by atoms with Crippen molar-refractivity contribution in [3.05, 3.63) is 34.9 Å². The lowest BCUT2D eigenvalue weighted by molar-refractivity contribution is -0.137. The Balaban J connectivity index is 1.75. The smallest absolute Gasteiger partial charge is 0.226 e. The van der Waals surface area contributed by atoms with E-state index in [9.17, 15) is 18.7 Å². The van der Waals surface area contributed by atoms with Gasteiger partial charge in [-0.1, -0.05) is 0 Å². The number of nitrogens with two attached hydrogens (primary N) is 1. The molecule has 0 atom stereocenters. The second kappa shape index (κ2) is 6.17. The van der Waals surface area contributed by atoms with E-state index in [1.807, 2.05) is 0 Å². The fourth-order valence-corrected chi connectivity index (χ4v) is 3.81. The molecule has 1 aromatic carbocycles. The summed E-state index contributed by atoms with van der Waals surface area (Å²) in [6.07, 6.45) is 2.64. The maximum atomic E-state index is 14.4. The maximum Gasteiger partial charge on any atom is 0.226 e. The van der Waals surface area contributed by atoms with Gasteiger partial charge in [0.05, 0.1) is 12.0 Å². The molecule has 0 aromatic heterocycles. The Morgan fingerprint density at radius 1 is 1.26 bits per heavy atom. The largest absolute Gasteiger partial charge is 0.395 e. The van der Waals surface area contributed by atoms with Gasteiger partial charge in [0, 0.05) is 12.1 Å². The Morgan fingerprint density at radius 3 is 2.30 bits per heavy atom. The molecule has 23 heavy (non-hydrogen) atoms. The highest BCUT2D eigenvalue weighted by atomic mass is 19.1. The van der Waals surface area contributed by atoms with Crippen LogP contribution in [0.15, 0.2) is 12.1 Å². The summed E-state index contributed by atoms with van der Waals surface area (Å²) in [5.41, 5.74) is 4.90. The zero-order chi connectivity index (χ0) is 16.6. The van der Waals surface area contributed by atoms with E-state index in [-0.39, 0.29) is 25.0 Å². The van der Waals surface area contributed by atoms with E-state index in [0.717, 1.165) is 25.9 Å². The molecule has 0 bridgehead atoms. The minimum Gasteiger partial charge on any atom is -0.395 e. The van der Waals surface area contributed by atoms with Gasteiger partial charge in [-0.15, -0.1) is 0 Å². The van der Waals surface area contributed by atoms with Gasteiger partial charge < -0.3 is 10.8 Å². The van der Waals surface area contributed by atoms with Crippen molar-refractivity contribution in [2.45, 2.75) is 38.1 Å². The van der Waals surface area contributed by atoms with Crippen LogP contribution in [-0.4, -0.2) is 35.6 Å². The van der Waals surface area contributed by atoms with Crippen LogP contribution in [0.4, 0.5) is 8.78 Å². The van der Waals surface area contributed by atoms with Crippen molar-refractivity contribution in [2.24, 2.45) is 11.1 Å². The number of benzene rings is 1. The molecule has 0 radical (unpaired) electrons. The zero-order valence-corrected chi connectivity index (χ0v) is 13.0. The zero-order valence-electron chi connectivity index (χ0n) is 13.0. The number of aliphatic hydroxyl groups excluding tert-OH is 1. The van der Waals surface area contributed by atoms with Gasteiger partial charge >= 0.3 is 0 Å². The molecule has 1 aliphatic heterocycles. The van der Waals surface area contributed by atoms with Crippen molar-refractivity contribution in [1.82, 2.24) is 4.90 Å². The first-order valence-corrected chi connectivity index (χ1v) is 8.06. The molecule has 2 fully saturated rings. The summed E-state index contributed by atoms with van der Waals surface area (Å²) < 4.78 is 28.8. The Bertz CT molecular complexity index is 586. The highest BCUT2D eigenvalue weighted by molar-refractivity contribution is 5.82. The molecule has 6 heteroatoms. The number of aliphatic hydroxyl groups is 1. The number of hydrogen-bond acceptors (Lipinski definition) is 3. The fraction of sp³-hybridized carbons (Fsp3) is 0.588. The van der Waals surface area contributed by atoms with Crippen LogP contribution in [-0.2, 0) is 11.3 Å². The number of primary amides is 1. The highest BCUT2D eigenvalue weighted by Crippen LogP contribution is 2.51. The van der Waals surface area contributed by atoms with Crippen LogP contribution in [0.2, 0.25) is 0 Å². The first kappa shape index (κ1) is 16.3. The third kappa shape index (κ3) is 2.97. The minimum absolute atomic E-state index is 0.0143. The number of hydrogen-bond donors (Lipinski definition) is 2. The van der Waals surface area contributed by atoms with Gasteiger partial charge in [-0.25, -0.2) is 8.78 Å². The van der Waals surface area contributed by atoms with Crippen LogP contribution < -0.4 is 5.73 Å². The summed E-state index contributed by atoms with van der Waals surface area (Å²) in [5, 5.41) is 9.32. The van der Waals surface area contributed by atoms with E-state index in [4.69, 9.17) is 5.73 Å². The molecule has 1 aliphatic carbocycles. The third-order valence-corrected chi connectivity index (χ3v) is 5.25. The summed E-state index contributed by atoms with van der Waals surface area (Å²) >= 11 is 0. The minimum atomic E-state index is -1.03. The van der Waals surface area contributed by atoms with Gasteiger partial charge in [0.15, 0.2) is 0 Å². The number of carbonyl (C=O) groups is 1. The second-order valence-corrected chi connectivity index (χ2v) is 6.86. The Labute approximate surface area is 134 Å². The summed E-state index contributed by atoms with van der Waals surface area (Å²) in [7, 11) is 0. The predicted molar refractivity (Wildman–Crippen MR) is 81.6 cm³/mol. The van der Waals surface area contributed by atoms with Gasteiger partial charge in [0.2, 0.25) is 5.91 Å². The van der Waals surface area contributed by atoms with Gasteiger partial charge in [-0.2, -0.15) is 0 Å². The van der Waals surface area contributed by atoms with E-state index in [1.54, 1.807) is 0 Å². The standard InChI is InChI=1S/C17H22F2N2O2/c18-13-5-11(9-21-3-1-2-4-21)6-14(19)15(13)12-7-17(8-12,10-22)16(20)23/h5-6,12,22H,1-4,7-10H2,(H2,20,23). The van der Waals surface area contributed by atoms with E-state index >= 15 is 0 Å². The SMILES string of the molecule is NC(=O)C1(CO)CC(c2c(F)cc(CN3CCCC3)cc2F)C1. The van der Waals surface area contributed by atoms with Crippen LogP contribution in [0, 0.1) is 17.0 Å². The molecule has 1 heterocycles.